The summed E-state index contributed by atoms with van der Waals surface area (Å²) in [6.07, 6.45) is 4.26. The Morgan fingerprint density at radius 2 is 2.15 bits per heavy atom. The predicted octanol–water partition coefficient (Wildman–Crippen LogP) is 2.37. The molecule has 0 aliphatic rings. The minimum atomic E-state index is -0.274. The highest BCUT2D eigenvalue weighted by atomic mass is 16.3. The number of hydrogen-bond donors (Lipinski definition) is 2. The minimum absolute atomic E-state index is 0.274. The highest BCUT2D eigenvalue weighted by molar-refractivity contribution is 5.34. The lowest BCUT2D eigenvalue weighted by molar-refractivity contribution is 0.146. The third-order valence-corrected chi connectivity index (χ3v) is 3.13. The molecule has 0 aliphatic carbocycles. The molecule has 0 amide bonds. The third kappa shape index (κ3) is 4.47. The summed E-state index contributed by atoms with van der Waals surface area (Å²) in [5.41, 5.74) is 2.24. The van der Waals surface area contributed by atoms with E-state index in [0.29, 0.717) is 12.5 Å². The van der Waals surface area contributed by atoms with Gasteiger partial charge in [-0.3, -0.25) is 0 Å². The van der Waals surface area contributed by atoms with Crippen LogP contribution in [0.1, 0.15) is 25.8 Å². The molecule has 2 rings (SSSR count). The summed E-state index contributed by atoms with van der Waals surface area (Å²) in [5.74, 6) is 0.523. The first-order valence-corrected chi connectivity index (χ1v) is 7.13. The second kappa shape index (κ2) is 7.22. The van der Waals surface area contributed by atoms with Crippen molar-refractivity contribution in [2.75, 3.05) is 6.54 Å². The monoisotopic (exact) mass is 273 g/mol. The van der Waals surface area contributed by atoms with E-state index in [0.717, 1.165) is 18.7 Å². The van der Waals surface area contributed by atoms with E-state index in [-0.39, 0.29) is 6.10 Å². The Balaban J connectivity index is 1.86. The van der Waals surface area contributed by atoms with Crippen LogP contribution in [0.25, 0.3) is 5.69 Å². The summed E-state index contributed by atoms with van der Waals surface area (Å²) >= 11 is 0. The quantitative estimate of drug-likeness (QED) is 0.814. The van der Waals surface area contributed by atoms with E-state index in [2.05, 4.69) is 36.4 Å². The molecular formula is C16H23N3O. The molecule has 1 heterocycles. The van der Waals surface area contributed by atoms with Crippen molar-refractivity contribution in [2.45, 2.75) is 32.9 Å². The smallest absolute Gasteiger partial charge is 0.0667 e. The first-order valence-electron chi connectivity index (χ1n) is 7.13. The number of aliphatic hydroxyl groups is 1. The molecule has 0 bridgehead atoms. The van der Waals surface area contributed by atoms with Crippen molar-refractivity contribution in [1.82, 2.24) is 15.1 Å². The predicted molar refractivity (Wildman–Crippen MR) is 80.7 cm³/mol. The number of aromatic nitrogens is 2. The van der Waals surface area contributed by atoms with Crippen molar-refractivity contribution in [3.05, 3.63) is 48.3 Å². The van der Waals surface area contributed by atoms with Gasteiger partial charge in [0.15, 0.2) is 0 Å². The molecule has 20 heavy (non-hydrogen) atoms. The van der Waals surface area contributed by atoms with Gasteiger partial charge in [0.1, 0.15) is 0 Å². The van der Waals surface area contributed by atoms with E-state index >= 15 is 0 Å². The SMILES string of the molecule is CC(C)CC(O)CNCc1cccc(-n2cccn2)c1. The van der Waals surface area contributed by atoms with Crippen LogP contribution in [0.2, 0.25) is 0 Å². The van der Waals surface area contributed by atoms with E-state index in [9.17, 15) is 5.11 Å². The molecule has 0 radical (unpaired) electrons. The van der Waals surface area contributed by atoms with E-state index in [4.69, 9.17) is 0 Å². The number of hydrogen-bond acceptors (Lipinski definition) is 3. The summed E-state index contributed by atoms with van der Waals surface area (Å²) < 4.78 is 1.84. The summed E-state index contributed by atoms with van der Waals surface area (Å²) in [7, 11) is 0. The van der Waals surface area contributed by atoms with Crippen LogP contribution in [-0.4, -0.2) is 27.5 Å². The molecule has 0 fully saturated rings. The minimum Gasteiger partial charge on any atom is -0.392 e. The van der Waals surface area contributed by atoms with Gasteiger partial charge in [0.25, 0.3) is 0 Å². The van der Waals surface area contributed by atoms with E-state index in [1.807, 2.05) is 29.1 Å². The zero-order valence-corrected chi connectivity index (χ0v) is 12.2. The fraction of sp³-hybridized carbons (Fsp3) is 0.438. The molecule has 108 valence electrons. The molecule has 0 aliphatic heterocycles. The van der Waals surface area contributed by atoms with Crippen LogP contribution < -0.4 is 5.32 Å². The number of benzene rings is 1. The van der Waals surface area contributed by atoms with Crippen LogP contribution in [0.3, 0.4) is 0 Å². The van der Waals surface area contributed by atoms with Gasteiger partial charge in [-0.05, 0) is 36.1 Å². The number of nitrogens with zero attached hydrogens (tertiary/aromatic N) is 2. The summed E-state index contributed by atoms with van der Waals surface area (Å²) in [6, 6.07) is 10.2. The molecule has 2 N–H and O–H groups in total. The van der Waals surface area contributed by atoms with Crippen molar-refractivity contribution < 1.29 is 5.11 Å². The maximum atomic E-state index is 9.83. The van der Waals surface area contributed by atoms with Crippen LogP contribution in [-0.2, 0) is 6.54 Å². The Labute approximate surface area is 120 Å². The Morgan fingerprint density at radius 3 is 2.85 bits per heavy atom. The summed E-state index contributed by atoms with van der Waals surface area (Å²) in [6.45, 7) is 5.63. The van der Waals surface area contributed by atoms with Gasteiger partial charge in [0.05, 0.1) is 11.8 Å². The standard InChI is InChI=1S/C16H23N3O/c1-13(2)9-16(20)12-17-11-14-5-3-6-15(10-14)19-8-4-7-18-19/h3-8,10,13,16-17,20H,9,11-12H2,1-2H3. The van der Waals surface area contributed by atoms with Crippen molar-refractivity contribution in [3.8, 4) is 5.69 Å². The van der Waals surface area contributed by atoms with Crippen molar-refractivity contribution >= 4 is 0 Å². The largest absolute Gasteiger partial charge is 0.392 e. The second-order valence-electron chi connectivity index (χ2n) is 5.53. The number of nitrogens with one attached hydrogen (secondary N) is 1. The molecule has 0 saturated carbocycles. The van der Waals surface area contributed by atoms with Crippen molar-refractivity contribution in [2.24, 2.45) is 5.92 Å². The van der Waals surface area contributed by atoms with Crippen molar-refractivity contribution in [3.63, 3.8) is 0 Å². The molecule has 1 atom stereocenters. The Morgan fingerprint density at radius 1 is 1.30 bits per heavy atom. The van der Waals surface area contributed by atoms with E-state index in [1.165, 1.54) is 5.56 Å². The lowest BCUT2D eigenvalue weighted by Crippen LogP contribution is -2.27. The summed E-state index contributed by atoms with van der Waals surface area (Å²) in [5, 5.41) is 17.4. The second-order valence-corrected chi connectivity index (χ2v) is 5.53. The zero-order chi connectivity index (χ0) is 14.4. The van der Waals surface area contributed by atoms with Gasteiger partial charge in [0, 0.05) is 25.5 Å². The van der Waals surface area contributed by atoms with E-state index in [1.54, 1.807) is 6.20 Å². The van der Waals surface area contributed by atoms with Crippen LogP contribution >= 0.6 is 0 Å². The molecule has 1 aromatic heterocycles. The normalized spacial score (nSPS) is 12.8. The van der Waals surface area contributed by atoms with Gasteiger partial charge in [-0.25, -0.2) is 4.68 Å². The van der Waals surface area contributed by atoms with Crippen LogP contribution in [0.15, 0.2) is 42.7 Å². The maximum absolute atomic E-state index is 9.83. The molecule has 4 nitrogen and oxygen atoms in total. The third-order valence-electron chi connectivity index (χ3n) is 3.13. The maximum Gasteiger partial charge on any atom is 0.0667 e. The lowest BCUT2D eigenvalue weighted by atomic mass is 10.1. The van der Waals surface area contributed by atoms with E-state index < -0.39 is 0 Å². The number of rotatable bonds is 7. The lowest BCUT2D eigenvalue weighted by Gasteiger charge is -2.14. The average molecular weight is 273 g/mol. The van der Waals surface area contributed by atoms with Crippen LogP contribution in [0, 0.1) is 5.92 Å². The molecular weight excluding hydrogens is 250 g/mol. The molecule has 2 aromatic rings. The fourth-order valence-electron chi connectivity index (χ4n) is 2.24. The number of aliphatic hydroxyl groups excluding tert-OH is 1. The Kier molecular flexibility index (Phi) is 5.32. The fourth-order valence-corrected chi connectivity index (χ4v) is 2.24. The van der Waals surface area contributed by atoms with Gasteiger partial charge in [-0.15, -0.1) is 0 Å². The first kappa shape index (κ1) is 14.8. The molecule has 0 saturated heterocycles. The molecule has 0 spiro atoms. The van der Waals surface area contributed by atoms with Crippen LogP contribution in [0.4, 0.5) is 0 Å². The summed E-state index contributed by atoms with van der Waals surface area (Å²) in [4.78, 5) is 0. The van der Waals surface area contributed by atoms with Gasteiger partial charge >= 0.3 is 0 Å². The van der Waals surface area contributed by atoms with Gasteiger partial charge in [-0.2, -0.15) is 5.10 Å². The molecule has 1 unspecified atom stereocenters. The average Bonchev–Trinajstić information content (AvgIpc) is 2.92. The topological polar surface area (TPSA) is 50.1 Å². The highest BCUT2D eigenvalue weighted by Gasteiger charge is 2.06. The van der Waals surface area contributed by atoms with Gasteiger partial charge in [0.2, 0.25) is 0 Å². The zero-order valence-electron chi connectivity index (χ0n) is 12.2. The van der Waals surface area contributed by atoms with Gasteiger partial charge < -0.3 is 10.4 Å². The molecule has 1 aromatic carbocycles. The highest BCUT2D eigenvalue weighted by Crippen LogP contribution is 2.09. The first-order chi connectivity index (χ1) is 9.65. The molecule has 4 heteroatoms. The van der Waals surface area contributed by atoms with Crippen LogP contribution in [0.5, 0.6) is 0 Å². The Hall–Kier alpha value is -1.65. The van der Waals surface area contributed by atoms with Crippen molar-refractivity contribution in [1.29, 1.82) is 0 Å². The Bertz CT molecular complexity index is 508. The van der Waals surface area contributed by atoms with Gasteiger partial charge in [-0.1, -0.05) is 26.0 Å².